The molecule has 0 radical (unpaired) electrons. The molecule has 0 unspecified atom stereocenters. The first kappa shape index (κ1) is 13.1. The SMILES string of the molecule is NCC1(C(=O)Nc2nc(C3CC3)cs2)CCCCC1. The molecular weight excluding hydrogens is 258 g/mol. The molecule has 0 aromatic carbocycles. The Hall–Kier alpha value is -0.940. The highest BCUT2D eigenvalue weighted by Gasteiger charge is 2.38. The minimum absolute atomic E-state index is 0.0754. The molecular formula is C14H21N3OS. The van der Waals surface area contributed by atoms with Gasteiger partial charge in [-0.15, -0.1) is 11.3 Å². The number of rotatable bonds is 4. The molecule has 104 valence electrons. The average molecular weight is 279 g/mol. The number of carbonyl (C=O) groups excluding carboxylic acids is 1. The van der Waals surface area contributed by atoms with Crippen molar-refractivity contribution in [3.8, 4) is 0 Å². The molecule has 0 bridgehead atoms. The predicted molar refractivity (Wildman–Crippen MR) is 77.3 cm³/mol. The lowest BCUT2D eigenvalue weighted by Gasteiger charge is -2.34. The Kier molecular flexibility index (Phi) is 3.58. The van der Waals surface area contributed by atoms with Crippen molar-refractivity contribution in [2.75, 3.05) is 11.9 Å². The summed E-state index contributed by atoms with van der Waals surface area (Å²) in [5.74, 6) is 0.714. The molecule has 5 heteroatoms. The van der Waals surface area contributed by atoms with Crippen LogP contribution in [-0.4, -0.2) is 17.4 Å². The van der Waals surface area contributed by atoms with Crippen LogP contribution in [0.15, 0.2) is 5.38 Å². The quantitative estimate of drug-likeness (QED) is 0.890. The third kappa shape index (κ3) is 2.67. The first-order valence-electron chi connectivity index (χ1n) is 7.20. The standard InChI is InChI=1S/C14H21N3OS/c15-9-14(6-2-1-3-7-14)12(18)17-13-16-11(8-19-13)10-4-5-10/h8,10H,1-7,9,15H2,(H,16,17,18). The van der Waals surface area contributed by atoms with Gasteiger partial charge >= 0.3 is 0 Å². The number of anilines is 1. The van der Waals surface area contributed by atoms with Crippen molar-refractivity contribution in [3.63, 3.8) is 0 Å². The second-order valence-corrected chi connectivity index (χ2v) is 6.71. The summed E-state index contributed by atoms with van der Waals surface area (Å²) in [5, 5.41) is 5.81. The van der Waals surface area contributed by atoms with Crippen LogP contribution in [0.1, 0.15) is 56.6 Å². The second kappa shape index (κ2) is 5.21. The van der Waals surface area contributed by atoms with Crippen LogP contribution >= 0.6 is 11.3 Å². The number of thiazole rings is 1. The van der Waals surface area contributed by atoms with Gasteiger partial charge < -0.3 is 11.1 Å². The van der Waals surface area contributed by atoms with Crippen molar-refractivity contribution in [1.29, 1.82) is 0 Å². The van der Waals surface area contributed by atoms with Crippen LogP contribution in [0.2, 0.25) is 0 Å². The second-order valence-electron chi connectivity index (χ2n) is 5.85. The Morgan fingerprint density at radius 2 is 2.16 bits per heavy atom. The molecule has 2 saturated carbocycles. The molecule has 2 fully saturated rings. The molecule has 0 saturated heterocycles. The van der Waals surface area contributed by atoms with Crippen LogP contribution in [0.25, 0.3) is 0 Å². The minimum atomic E-state index is -0.357. The molecule has 1 heterocycles. The van der Waals surface area contributed by atoms with Crippen molar-refractivity contribution in [3.05, 3.63) is 11.1 Å². The summed E-state index contributed by atoms with van der Waals surface area (Å²) < 4.78 is 0. The highest BCUT2D eigenvalue weighted by atomic mass is 32.1. The molecule has 3 rings (SSSR count). The van der Waals surface area contributed by atoms with E-state index < -0.39 is 0 Å². The summed E-state index contributed by atoms with van der Waals surface area (Å²) in [4.78, 5) is 17.0. The van der Waals surface area contributed by atoms with Gasteiger partial charge in [-0.3, -0.25) is 4.79 Å². The molecule has 0 spiro atoms. The molecule has 2 aliphatic rings. The van der Waals surface area contributed by atoms with Gasteiger partial charge in [0.15, 0.2) is 5.13 Å². The van der Waals surface area contributed by atoms with Crippen molar-refractivity contribution < 1.29 is 4.79 Å². The highest BCUT2D eigenvalue weighted by molar-refractivity contribution is 7.13. The summed E-state index contributed by atoms with van der Waals surface area (Å²) >= 11 is 1.54. The lowest BCUT2D eigenvalue weighted by molar-refractivity contribution is -0.126. The Morgan fingerprint density at radius 1 is 1.42 bits per heavy atom. The van der Waals surface area contributed by atoms with Crippen molar-refractivity contribution in [2.24, 2.45) is 11.1 Å². The molecule has 3 N–H and O–H groups in total. The molecule has 0 atom stereocenters. The number of hydrogen-bond donors (Lipinski definition) is 2. The predicted octanol–water partition coefficient (Wildman–Crippen LogP) is 2.87. The van der Waals surface area contributed by atoms with E-state index in [1.807, 2.05) is 0 Å². The number of nitrogens with zero attached hydrogens (tertiary/aromatic N) is 1. The van der Waals surface area contributed by atoms with Crippen LogP contribution < -0.4 is 11.1 Å². The van der Waals surface area contributed by atoms with E-state index in [1.54, 1.807) is 0 Å². The van der Waals surface area contributed by atoms with E-state index in [4.69, 9.17) is 5.73 Å². The zero-order valence-electron chi connectivity index (χ0n) is 11.2. The van der Waals surface area contributed by atoms with Gasteiger partial charge in [-0.05, 0) is 25.7 Å². The average Bonchev–Trinajstić information content (AvgIpc) is 3.20. The Morgan fingerprint density at radius 3 is 2.79 bits per heavy atom. The fourth-order valence-corrected chi connectivity index (χ4v) is 3.68. The van der Waals surface area contributed by atoms with E-state index in [1.165, 1.54) is 30.6 Å². The van der Waals surface area contributed by atoms with Gasteiger partial charge in [0.2, 0.25) is 5.91 Å². The Labute approximate surface area is 117 Å². The summed E-state index contributed by atoms with van der Waals surface area (Å²) in [7, 11) is 0. The zero-order valence-corrected chi connectivity index (χ0v) is 12.0. The minimum Gasteiger partial charge on any atom is -0.329 e. The Bertz CT molecular complexity index is 461. The first-order valence-corrected chi connectivity index (χ1v) is 8.08. The maximum Gasteiger partial charge on any atom is 0.233 e. The number of nitrogens with two attached hydrogens (primary N) is 1. The van der Waals surface area contributed by atoms with E-state index in [9.17, 15) is 4.79 Å². The fraction of sp³-hybridized carbons (Fsp3) is 0.714. The van der Waals surface area contributed by atoms with Crippen molar-refractivity contribution in [1.82, 2.24) is 4.98 Å². The molecule has 4 nitrogen and oxygen atoms in total. The van der Waals surface area contributed by atoms with Crippen molar-refractivity contribution >= 4 is 22.4 Å². The number of carbonyl (C=O) groups is 1. The van der Waals surface area contributed by atoms with E-state index in [2.05, 4.69) is 15.7 Å². The van der Waals surface area contributed by atoms with Crippen LogP contribution in [0.5, 0.6) is 0 Å². The molecule has 19 heavy (non-hydrogen) atoms. The maximum absolute atomic E-state index is 12.5. The normalized spacial score (nSPS) is 22.2. The third-order valence-corrected chi connectivity index (χ3v) is 5.20. The van der Waals surface area contributed by atoms with Crippen LogP contribution in [0, 0.1) is 5.41 Å². The van der Waals surface area contributed by atoms with Gasteiger partial charge in [0.25, 0.3) is 0 Å². The summed E-state index contributed by atoms with van der Waals surface area (Å²) in [6, 6.07) is 0. The van der Waals surface area contributed by atoms with Crippen molar-refractivity contribution in [2.45, 2.75) is 50.9 Å². The number of hydrogen-bond acceptors (Lipinski definition) is 4. The molecule has 0 aliphatic heterocycles. The van der Waals surface area contributed by atoms with Crippen LogP contribution in [0.3, 0.4) is 0 Å². The zero-order chi connectivity index (χ0) is 13.3. The van der Waals surface area contributed by atoms with E-state index in [-0.39, 0.29) is 11.3 Å². The summed E-state index contributed by atoms with van der Waals surface area (Å²) in [6.07, 6.45) is 7.74. The van der Waals surface area contributed by atoms with Gasteiger partial charge in [0.05, 0.1) is 11.1 Å². The monoisotopic (exact) mass is 279 g/mol. The van der Waals surface area contributed by atoms with Gasteiger partial charge in [-0.1, -0.05) is 19.3 Å². The smallest absolute Gasteiger partial charge is 0.233 e. The van der Waals surface area contributed by atoms with Crippen LogP contribution in [0.4, 0.5) is 5.13 Å². The number of amides is 1. The first-order chi connectivity index (χ1) is 9.23. The van der Waals surface area contributed by atoms with Gasteiger partial charge in [0, 0.05) is 17.8 Å². The molecule has 1 aromatic rings. The topological polar surface area (TPSA) is 68.0 Å². The van der Waals surface area contributed by atoms with Gasteiger partial charge in [0.1, 0.15) is 0 Å². The Balaban J connectivity index is 1.68. The molecule has 1 aromatic heterocycles. The van der Waals surface area contributed by atoms with Gasteiger partial charge in [-0.2, -0.15) is 0 Å². The van der Waals surface area contributed by atoms with E-state index in [0.29, 0.717) is 12.5 Å². The molecule has 2 aliphatic carbocycles. The van der Waals surface area contributed by atoms with Crippen LogP contribution in [-0.2, 0) is 4.79 Å². The largest absolute Gasteiger partial charge is 0.329 e. The third-order valence-electron chi connectivity index (χ3n) is 4.42. The highest BCUT2D eigenvalue weighted by Crippen LogP contribution is 2.41. The number of aromatic nitrogens is 1. The van der Waals surface area contributed by atoms with E-state index in [0.717, 1.165) is 36.5 Å². The molecule has 1 amide bonds. The fourth-order valence-electron chi connectivity index (χ4n) is 2.89. The lowest BCUT2D eigenvalue weighted by atomic mass is 9.73. The maximum atomic E-state index is 12.5. The number of nitrogens with one attached hydrogen (secondary N) is 1. The summed E-state index contributed by atoms with van der Waals surface area (Å²) in [6.45, 7) is 0.444. The van der Waals surface area contributed by atoms with Gasteiger partial charge in [-0.25, -0.2) is 4.98 Å². The summed E-state index contributed by atoms with van der Waals surface area (Å²) in [5.41, 5.74) is 6.67. The van der Waals surface area contributed by atoms with E-state index >= 15 is 0 Å². The lowest BCUT2D eigenvalue weighted by Crippen LogP contribution is -2.43.